The van der Waals surface area contributed by atoms with Gasteiger partial charge in [-0.05, 0) is 51.1 Å². The third-order valence-corrected chi connectivity index (χ3v) is 5.31. The second kappa shape index (κ2) is 7.72. The maximum Gasteiger partial charge on any atom is 0.240 e. The Kier molecular flexibility index (Phi) is 5.11. The maximum absolute atomic E-state index is 12.2. The second-order valence-corrected chi connectivity index (χ2v) is 7.70. The summed E-state index contributed by atoms with van der Waals surface area (Å²) in [5.74, 6) is 2.85. The highest BCUT2D eigenvalue weighted by Crippen LogP contribution is 2.29. The molecule has 0 atom stereocenters. The average molecular weight is 391 g/mol. The summed E-state index contributed by atoms with van der Waals surface area (Å²) in [6.07, 6.45) is 0. The summed E-state index contributed by atoms with van der Waals surface area (Å²) in [4.78, 5) is 19.1. The molecule has 150 valence electrons. The Morgan fingerprint density at radius 2 is 1.90 bits per heavy atom. The molecule has 1 aromatic heterocycles. The summed E-state index contributed by atoms with van der Waals surface area (Å²) >= 11 is 0. The number of para-hydroxylation sites is 1. The number of piperazine rings is 1. The Labute approximate surface area is 170 Å². The molecule has 6 heteroatoms. The molecule has 1 fully saturated rings. The number of nitrogens with one attached hydrogen (secondary N) is 1. The quantitative estimate of drug-likeness (QED) is 0.708. The molecule has 0 aliphatic carbocycles. The molecular formula is C23H25N3O3. The molecule has 1 aliphatic heterocycles. The minimum Gasteiger partial charge on any atom is -0.457 e. The van der Waals surface area contributed by atoms with Gasteiger partial charge >= 0.3 is 0 Å². The molecule has 0 saturated carbocycles. The van der Waals surface area contributed by atoms with Crippen molar-refractivity contribution in [3.63, 3.8) is 0 Å². The number of ether oxygens (including phenoxy) is 1. The van der Waals surface area contributed by atoms with E-state index in [1.54, 1.807) is 0 Å². The first-order chi connectivity index (χ1) is 13.9. The molecule has 3 aromatic rings. The third-order valence-electron chi connectivity index (χ3n) is 5.31. The Hall–Kier alpha value is -3.12. The van der Waals surface area contributed by atoms with Gasteiger partial charge in [0.25, 0.3) is 0 Å². The maximum atomic E-state index is 12.2. The van der Waals surface area contributed by atoms with Crippen LogP contribution in [0.5, 0.6) is 11.5 Å². The molecule has 29 heavy (non-hydrogen) atoms. The van der Waals surface area contributed by atoms with Crippen molar-refractivity contribution in [2.75, 3.05) is 13.1 Å². The fourth-order valence-corrected chi connectivity index (χ4v) is 3.42. The van der Waals surface area contributed by atoms with Crippen LogP contribution in [0.1, 0.15) is 25.3 Å². The first kappa shape index (κ1) is 19.2. The molecule has 1 N–H and O–H groups in total. The molecule has 4 rings (SSSR count). The van der Waals surface area contributed by atoms with Gasteiger partial charge in [0.05, 0.1) is 11.2 Å². The number of aryl methyl sites for hydroxylation is 1. The van der Waals surface area contributed by atoms with E-state index in [4.69, 9.17) is 14.1 Å². The van der Waals surface area contributed by atoms with E-state index in [0.717, 1.165) is 35.1 Å². The van der Waals surface area contributed by atoms with Gasteiger partial charge < -0.3 is 14.5 Å². The van der Waals surface area contributed by atoms with Crippen LogP contribution < -0.4 is 10.1 Å². The van der Waals surface area contributed by atoms with Gasteiger partial charge in [0, 0.05) is 25.2 Å². The van der Waals surface area contributed by atoms with Gasteiger partial charge in [0.15, 0.2) is 0 Å². The van der Waals surface area contributed by atoms with Crippen molar-refractivity contribution in [1.82, 2.24) is 15.2 Å². The lowest BCUT2D eigenvalue weighted by atomic mass is 9.98. The van der Waals surface area contributed by atoms with Gasteiger partial charge in [-0.1, -0.05) is 24.3 Å². The highest BCUT2D eigenvalue weighted by atomic mass is 16.5. The molecule has 1 amide bonds. The lowest BCUT2D eigenvalue weighted by molar-refractivity contribution is -0.135. The highest BCUT2D eigenvalue weighted by molar-refractivity contribution is 5.86. The van der Waals surface area contributed by atoms with Crippen molar-refractivity contribution in [1.29, 1.82) is 0 Å². The molecular weight excluding hydrogens is 366 g/mol. The van der Waals surface area contributed by atoms with Crippen LogP contribution in [0, 0.1) is 6.92 Å². The summed E-state index contributed by atoms with van der Waals surface area (Å²) in [6.45, 7) is 7.76. The van der Waals surface area contributed by atoms with Crippen LogP contribution in [0.3, 0.4) is 0 Å². The van der Waals surface area contributed by atoms with E-state index in [9.17, 15) is 4.79 Å². The lowest BCUT2D eigenvalue weighted by Gasteiger charge is -2.40. The van der Waals surface area contributed by atoms with Crippen molar-refractivity contribution in [3.8, 4) is 23.0 Å². The molecule has 0 bridgehead atoms. The fraction of sp³-hybridized carbons (Fsp3) is 0.304. The summed E-state index contributed by atoms with van der Waals surface area (Å²) in [6, 6.07) is 17.3. The summed E-state index contributed by atoms with van der Waals surface area (Å²) in [5, 5.41) is 2.92. The van der Waals surface area contributed by atoms with Crippen molar-refractivity contribution in [3.05, 3.63) is 66.1 Å². The van der Waals surface area contributed by atoms with Crippen molar-refractivity contribution < 1.29 is 13.9 Å². The number of carbonyl (C=O) groups excluding carboxylic acids is 1. The molecule has 0 radical (unpaired) electrons. The van der Waals surface area contributed by atoms with Crippen LogP contribution in [-0.4, -0.2) is 34.4 Å². The number of hydrogen-bond acceptors (Lipinski definition) is 5. The van der Waals surface area contributed by atoms with Crippen molar-refractivity contribution >= 4 is 5.91 Å². The first-order valence-electron chi connectivity index (χ1n) is 9.76. The number of nitrogens with zero attached hydrogens (tertiary/aromatic N) is 2. The van der Waals surface area contributed by atoms with E-state index < -0.39 is 5.54 Å². The Bertz CT molecular complexity index is 1010. The number of benzene rings is 2. The molecule has 1 aliphatic rings. The van der Waals surface area contributed by atoms with E-state index in [0.29, 0.717) is 19.0 Å². The van der Waals surface area contributed by atoms with E-state index in [1.165, 1.54) is 0 Å². The standard InChI is InChI=1S/C23H25N3O3/c1-16-20(15-26-13-12-24-22(27)23(26,2)3)25-21(28-16)17-8-7-11-19(14-17)29-18-9-5-4-6-10-18/h4-11,14H,12-13,15H2,1-3H3,(H,24,27). The molecule has 0 unspecified atom stereocenters. The van der Waals surface area contributed by atoms with E-state index >= 15 is 0 Å². The minimum atomic E-state index is -0.576. The van der Waals surface area contributed by atoms with E-state index in [2.05, 4.69) is 10.2 Å². The zero-order valence-corrected chi connectivity index (χ0v) is 16.9. The Balaban J connectivity index is 1.55. The summed E-state index contributed by atoms with van der Waals surface area (Å²) in [5.41, 5.74) is 1.12. The summed E-state index contributed by atoms with van der Waals surface area (Å²) in [7, 11) is 0. The fourth-order valence-electron chi connectivity index (χ4n) is 3.42. The van der Waals surface area contributed by atoms with Crippen molar-refractivity contribution in [2.24, 2.45) is 0 Å². The zero-order valence-electron chi connectivity index (χ0n) is 16.9. The Morgan fingerprint density at radius 1 is 1.14 bits per heavy atom. The largest absolute Gasteiger partial charge is 0.457 e. The van der Waals surface area contributed by atoms with Gasteiger partial charge in [-0.2, -0.15) is 0 Å². The van der Waals surface area contributed by atoms with Crippen LogP contribution in [0.4, 0.5) is 0 Å². The predicted molar refractivity (Wildman–Crippen MR) is 111 cm³/mol. The first-order valence-corrected chi connectivity index (χ1v) is 9.76. The minimum absolute atomic E-state index is 0.0379. The van der Waals surface area contributed by atoms with Gasteiger partial charge in [-0.25, -0.2) is 4.98 Å². The molecule has 6 nitrogen and oxygen atoms in total. The van der Waals surface area contributed by atoms with Crippen LogP contribution in [-0.2, 0) is 11.3 Å². The number of aromatic nitrogens is 1. The van der Waals surface area contributed by atoms with Crippen LogP contribution in [0.15, 0.2) is 59.0 Å². The monoisotopic (exact) mass is 391 g/mol. The number of amides is 1. The lowest BCUT2D eigenvalue weighted by Crippen LogP contribution is -2.61. The SMILES string of the molecule is Cc1oc(-c2cccc(Oc3ccccc3)c2)nc1CN1CCNC(=O)C1(C)C. The van der Waals surface area contributed by atoms with Gasteiger partial charge in [0.2, 0.25) is 11.8 Å². The smallest absolute Gasteiger partial charge is 0.240 e. The van der Waals surface area contributed by atoms with Crippen LogP contribution in [0.2, 0.25) is 0 Å². The molecule has 1 saturated heterocycles. The van der Waals surface area contributed by atoms with Gasteiger partial charge in [-0.15, -0.1) is 0 Å². The van der Waals surface area contributed by atoms with Gasteiger partial charge in [0.1, 0.15) is 17.3 Å². The van der Waals surface area contributed by atoms with E-state index in [-0.39, 0.29) is 5.91 Å². The average Bonchev–Trinajstić information content (AvgIpc) is 3.07. The normalized spacial score (nSPS) is 16.4. The van der Waals surface area contributed by atoms with Gasteiger partial charge in [-0.3, -0.25) is 9.69 Å². The molecule has 0 spiro atoms. The molecule has 2 aromatic carbocycles. The second-order valence-electron chi connectivity index (χ2n) is 7.70. The zero-order chi connectivity index (χ0) is 20.4. The topological polar surface area (TPSA) is 67.6 Å². The summed E-state index contributed by atoms with van der Waals surface area (Å²) < 4.78 is 11.9. The van der Waals surface area contributed by atoms with Crippen LogP contribution >= 0.6 is 0 Å². The number of carbonyl (C=O) groups is 1. The number of oxazole rings is 1. The number of rotatable bonds is 5. The van der Waals surface area contributed by atoms with Crippen LogP contribution in [0.25, 0.3) is 11.5 Å². The predicted octanol–water partition coefficient (Wildman–Crippen LogP) is 4.15. The van der Waals surface area contributed by atoms with Crippen molar-refractivity contribution in [2.45, 2.75) is 32.9 Å². The third kappa shape index (κ3) is 4.03. The molecule has 2 heterocycles. The van der Waals surface area contributed by atoms with E-state index in [1.807, 2.05) is 75.4 Å². The number of hydrogen-bond donors (Lipinski definition) is 1. The Morgan fingerprint density at radius 3 is 2.69 bits per heavy atom. The highest BCUT2D eigenvalue weighted by Gasteiger charge is 2.38.